The summed E-state index contributed by atoms with van der Waals surface area (Å²) in [5, 5.41) is 0.733. The molecule has 62 heavy (non-hydrogen) atoms. The molecule has 0 spiro atoms. The van der Waals surface area contributed by atoms with Crippen molar-refractivity contribution >= 4 is 52.9 Å². The Kier molecular flexibility index (Phi) is 17.7. The lowest BCUT2D eigenvalue weighted by Gasteiger charge is -2.31. The van der Waals surface area contributed by atoms with E-state index in [2.05, 4.69) is 79.7 Å². The Balaban J connectivity index is 1.58. The maximum Gasteiger partial charge on any atom is 0.330 e. The zero-order chi connectivity index (χ0) is 45.1. The number of nitrogens with zero attached hydrogens (tertiary/aromatic N) is 2. The maximum absolute atomic E-state index is 13.9. The summed E-state index contributed by atoms with van der Waals surface area (Å²) < 4.78 is 67.8. The summed E-state index contributed by atoms with van der Waals surface area (Å²) >= 11 is 7.40. The van der Waals surface area contributed by atoms with Gasteiger partial charge in [0.15, 0.2) is 5.71 Å². The highest BCUT2D eigenvalue weighted by Gasteiger charge is 2.48. The van der Waals surface area contributed by atoms with Crippen molar-refractivity contribution in [1.82, 2.24) is 0 Å². The summed E-state index contributed by atoms with van der Waals surface area (Å²) in [5.74, 6) is 0. The average Bonchev–Trinajstić information content (AvgIpc) is 3.61. The number of rotatable bonds is 24. The predicted octanol–water partition coefficient (Wildman–Crippen LogP) is 12.4. The third-order valence-corrected chi connectivity index (χ3v) is 16.2. The van der Waals surface area contributed by atoms with Crippen LogP contribution in [0.5, 0.6) is 0 Å². The van der Waals surface area contributed by atoms with Crippen molar-refractivity contribution < 1.29 is 40.7 Å². The number of unbranched alkanes of at least 4 members (excludes halogenated alkanes) is 4. The van der Waals surface area contributed by atoms with E-state index in [1.54, 1.807) is 26.0 Å². The quantitative estimate of drug-likeness (QED) is 0.0360. The minimum absolute atomic E-state index is 0.122. The zero-order valence-corrected chi connectivity index (χ0v) is 40.5. The van der Waals surface area contributed by atoms with Gasteiger partial charge in [0, 0.05) is 52.5 Å². The Labute approximate surface area is 376 Å². The van der Waals surface area contributed by atoms with Crippen molar-refractivity contribution in [3.05, 3.63) is 99.3 Å². The molecular formula is C49H69ClN2O8PS+. The van der Waals surface area contributed by atoms with E-state index in [0.29, 0.717) is 26.0 Å². The molecule has 0 bridgehead atoms. The van der Waals surface area contributed by atoms with Gasteiger partial charge >= 0.3 is 7.60 Å². The monoisotopic (exact) mass is 911 g/mol. The molecular weight excluding hydrogens is 843 g/mol. The van der Waals surface area contributed by atoms with E-state index in [1.807, 2.05) is 6.92 Å². The van der Waals surface area contributed by atoms with Gasteiger partial charge in [-0.3, -0.25) is 13.9 Å². The fourth-order valence-electron chi connectivity index (χ4n) is 9.38. The van der Waals surface area contributed by atoms with Crippen LogP contribution in [-0.2, 0) is 44.1 Å². The third kappa shape index (κ3) is 11.3. The van der Waals surface area contributed by atoms with E-state index in [9.17, 15) is 22.3 Å². The summed E-state index contributed by atoms with van der Waals surface area (Å²) in [6.45, 7) is 17.5. The first-order valence-corrected chi connectivity index (χ1v) is 26.2. The summed E-state index contributed by atoms with van der Waals surface area (Å²) in [6.07, 6.45) is 19.6. The topological polar surface area (TPSA) is 122 Å². The molecule has 10 nitrogen and oxygen atoms in total. The molecule has 0 saturated heterocycles. The van der Waals surface area contributed by atoms with Gasteiger partial charge in [0.1, 0.15) is 6.54 Å². The van der Waals surface area contributed by atoms with Gasteiger partial charge in [-0.1, -0.05) is 68.5 Å². The predicted molar refractivity (Wildman–Crippen MR) is 252 cm³/mol. The van der Waals surface area contributed by atoms with Gasteiger partial charge in [0.05, 0.1) is 36.3 Å². The molecule has 2 aromatic carbocycles. The van der Waals surface area contributed by atoms with Crippen molar-refractivity contribution in [3.63, 3.8) is 0 Å². The van der Waals surface area contributed by atoms with E-state index in [0.717, 1.165) is 110 Å². The zero-order valence-electron chi connectivity index (χ0n) is 38.0. The molecule has 0 fully saturated rings. The van der Waals surface area contributed by atoms with Crippen LogP contribution in [0, 0.1) is 6.92 Å². The Hall–Kier alpha value is -3.31. The first-order valence-electron chi connectivity index (χ1n) is 22.7. The summed E-state index contributed by atoms with van der Waals surface area (Å²) in [5.41, 5.74) is 8.78. The number of hydrogen-bond donors (Lipinski definition) is 1. The Morgan fingerprint density at radius 2 is 1.63 bits per heavy atom. The maximum atomic E-state index is 13.9. The SMILES string of the molecule is CCCCN1/C(=C\C=C2/CCCC(/C=C/C3=[N+](CCCCCOC=O)c4ccc(C)cc4C3(C)CCCC)=C2Cl)C(C)(CCP(=O)(OCC)OCC)c2cc(S(=O)(=O)O)ccc21. The van der Waals surface area contributed by atoms with Gasteiger partial charge in [0.25, 0.3) is 16.6 Å². The molecule has 3 aliphatic rings. The van der Waals surface area contributed by atoms with E-state index in [-0.39, 0.29) is 29.7 Å². The number of allylic oxidation sites excluding steroid dienone is 8. The summed E-state index contributed by atoms with van der Waals surface area (Å²) in [6, 6.07) is 11.6. The fraction of sp³-hybridized carbons (Fsp3) is 0.551. The van der Waals surface area contributed by atoms with Crippen LogP contribution < -0.4 is 4.90 Å². The number of benzene rings is 2. The average molecular weight is 913 g/mol. The number of fused-ring (bicyclic) bond motifs is 2. The Morgan fingerprint density at radius 1 is 0.887 bits per heavy atom. The number of ether oxygens (including phenoxy) is 1. The van der Waals surface area contributed by atoms with E-state index in [1.165, 1.54) is 28.6 Å². The van der Waals surface area contributed by atoms with Crippen LogP contribution in [0.15, 0.2) is 87.5 Å². The van der Waals surface area contributed by atoms with Crippen molar-refractivity contribution in [2.24, 2.45) is 0 Å². The standard InChI is InChI=1S/C49H68ClN2O8PS/c1-8-12-28-48(6)41-34-37(5)20-24-43(41)52(31-15-14-16-32-58-36-53)45(48)26-21-38-18-17-19-39(47(38)50)22-27-46-49(7,29-33-61(54,59-10-3)60-11-4)42-35-40(62(55,56)57)23-25-44(42)51(46)30-13-9-2/h20-27,34-36H,8-19,28-33H2,1-7H3/p+1. The number of aryl methyl sites for hydroxylation is 1. The second-order valence-electron chi connectivity index (χ2n) is 17.2. The number of carbonyl (C=O) groups excluding carboxylic acids is 1. The Morgan fingerprint density at radius 3 is 2.31 bits per heavy atom. The largest absolute Gasteiger partial charge is 0.468 e. The van der Waals surface area contributed by atoms with Crippen LogP contribution in [0.25, 0.3) is 0 Å². The molecule has 13 heteroatoms. The second-order valence-corrected chi connectivity index (χ2v) is 21.2. The van der Waals surface area contributed by atoms with Crippen LogP contribution in [0.4, 0.5) is 11.4 Å². The van der Waals surface area contributed by atoms with Gasteiger partial charge < -0.3 is 18.7 Å². The number of carbonyl (C=O) groups is 1. The van der Waals surface area contributed by atoms with Gasteiger partial charge in [-0.15, -0.1) is 0 Å². The molecule has 1 N–H and O–H groups in total. The van der Waals surface area contributed by atoms with Gasteiger partial charge in [-0.05, 0) is 133 Å². The highest BCUT2D eigenvalue weighted by molar-refractivity contribution is 7.85. The molecule has 1 aliphatic carbocycles. The first-order chi connectivity index (χ1) is 29.6. The minimum atomic E-state index is -4.49. The minimum Gasteiger partial charge on any atom is -0.468 e. The number of hydrogen-bond acceptors (Lipinski definition) is 8. The highest BCUT2D eigenvalue weighted by atomic mass is 35.5. The molecule has 0 amide bonds. The van der Waals surface area contributed by atoms with Crippen LogP contribution >= 0.6 is 19.2 Å². The van der Waals surface area contributed by atoms with Crippen molar-refractivity contribution in [3.8, 4) is 0 Å². The Bertz CT molecular complexity index is 2240. The van der Waals surface area contributed by atoms with E-state index < -0.39 is 23.1 Å². The second kappa shape index (κ2) is 22.1. The molecule has 2 aromatic rings. The molecule has 340 valence electrons. The van der Waals surface area contributed by atoms with Gasteiger partial charge in [-0.25, -0.2) is 0 Å². The lowest BCUT2D eigenvalue weighted by molar-refractivity contribution is -0.438. The lowest BCUT2D eigenvalue weighted by Crippen LogP contribution is -2.31. The molecule has 0 aromatic heterocycles. The molecule has 0 saturated carbocycles. The smallest absolute Gasteiger partial charge is 0.330 e. The molecule has 2 heterocycles. The van der Waals surface area contributed by atoms with Crippen LogP contribution in [0.2, 0.25) is 0 Å². The van der Waals surface area contributed by atoms with Crippen LogP contribution in [0.3, 0.4) is 0 Å². The lowest BCUT2D eigenvalue weighted by atomic mass is 9.75. The molecule has 2 atom stereocenters. The summed E-state index contributed by atoms with van der Waals surface area (Å²) in [4.78, 5) is 12.7. The number of anilines is 1. The molecule has 5 rings (SSSR count). The normalized spacial score (nSPS) is 21.8. The van der Waals surface area contributed by atoms with Crippen molar-refractivity contribution in [1.29, 1.82) is 0 Å². The van der Waals surface area contributed by atoms with Crippen LogP contribution in [-0.4, -0.2) is 68.8 Å². The molecule has 0 radical (unpaired) electrons. The highest BCUT2D eigenvalue weighted by Crippen LogP contribution is 2.56. The molecule has 2 aliphatic heterocycles. The number of halogens is 1. The summed E-state index contributed by atoms with van der Waals surface area (Å²) in [7, 11) is -7.95. The van der Waals surface area contributed by atoms with Crippen molar-refractivity contribution in [2.45, 2.75) is 141 Å². The first kappa shape index (κ1) is 49.7. The fourth-order valence-corrected chi connectivity index (χ4v) is 12.0. The van der Waals surface area contributed by atoms with Crippen LogP contribution in [0.1, 0.15) is 135 Å². The van der Waals surface area contributed by atoms with Crippen molar-refractivity contribution in [2.75, 3.05) is 44.0 Å². The van der Waals surface area contributed by atoms with Gasteiger partial charge in [-0.2, -0.15) is 13.0 Å². The third-order valence-electron chi connectivity index (χ3n) is 12.8. The molecule has 2 unspecified atom stereocenters. The van der Waals surface area contributed by atoms with E-state index >= 15 is 0 Å². The van der Waals surface area contributed by atoms with Gasteiger partial charge in [0.2, 0.25) is 5.69 Å². The van der Waals surface area contributed by atoms with E-state index in [4.69, 9.17) is 25.4 Å².